The topological polar surface area (TPSA) is 96.6 Å². The maximum absolute atomic E-state index is 12.6. The van der Waals surface area contributed by atoms with Gasteiger partial charge in [0.15, 0.2) is 0 Å². The maximum atomic E-state index is 12.6. The summed E-state index contributed by atoms with van der Waals surface area (Å²) >= 11 is 0. The SMILES string of the molecule is CCOc1ccc(CNC(=O)c2cnc(N3CCN(c4ccc(C)cc4C)CC3)nc2N)cc1. The van der Waals surface area contributed by atoms with Gasteiger partial charge in [0, 0.05) is 44.6 Å². The molecule has 0 unspecified atom stereocenters. The molecule has 1 fully saturated rings. The first-order valence-electron chi connectivity index (χ1n) is 11.6. The molecular formula is C26H32N6O2. The standard InChI is InChI=1S/C26H32N6O2/c1-4-34-21-8-6-20(7-9-21)16-28-25(33)22-17-29-26(30-24(22)27)32-13-11-31(12-14-32)23-10-5-18(2)15-19(23)3/h5-10,15,17H,4,11-14,16H2,1-3H3,(H,28,33)(H2,27,29,30). The van der Waals surface area contributed by atoms with E-state index in [2.05, 4.69) is 57.1 Å². The highest BCUT2D eigenvalue weighted by atomic mass is 16.5. The van der Waals surface area contributed by atoms with Crippen LogP contribution in [-0.2, 0) is 6.54 Å². The van der Waals surface area contributed by atoms with E-state index in [4.69, 9.17) is 10.5 Å². The number of carbonyl (C=O) groups excluding carboxylic acids is 1. The number of anilines is 3. The van der Waals surface area contributed by atoms with Gasteiger partial charge < -0.3 is 25.6 Å². The van der Waals surface area contributed by atoms with Crippen LogP contribution in [-0.4, -0.2) is 48.7 Å². The molecule has 8 nitrogen and oxygen atoms in total. The van der Waals surface area contributed by atoms with Crippen LogP contribution in [0, 0.1) is 13.8 Å². The second-order valence-electron chi connectivity index (χ2n) is 8.49. The number of hydrogen-bond donors (Lipinski definition) is 2. The number of nitrogens with zero attached hydrogens (tertiary/aromatic N) is 4. The summed E-state index contributed by atoms with van der Waals surface area (Å²) in [6.45, 7) is 10.5. The summed E-state index contributed by atoms with van der Waals surface area (Å²) in [5.74, 6) is 1.25. The van der Waals surface area contributed by atoms with Crippen molar-refractivity contribution in [3.63, 3.8) is 0 Å². The van der Waals surface area contributed by atoms with Crippen molar-refractivity contribution < 1.29 is 9.53 Å². The van der Waals surface area contributed by atoms with Gasteiger partial charge >= 0.3 is 0 Å². The van der Waals surface area contributed by atoms with Crippen LogP contribution in [0.15, 0.2) is 48.7 Å². The number of ether oxygens (including phenoxy) is 1. The van der Waals surface area contributed by atoms with Crippen molar-refractivity contribution in [3.05, 3.63) is 70.9 Å². The monoisotopic (exact) mass is 460 g/mol. The molecule has 4 rings (SSSR count). The lowest BCUT2D eigenvalue weighted by molar-refractivity contribution is 0.0951. The van der Waals surface area contributed by atoms with Crippen LogP contribution in [0.3, 0.4) is 0 Å². The third-order valence-corrected chi connectivity index (χ3v) is 5.99. The smallest absolute Gasteiger partial charge is 0.256 e. The van der Waals surface area contributed by atoms with Gasteiger partial charge in [0.05, 0.1) is 12.2 Å². The molecule has 0 radical (unpaired) electrons. The first-order chi connectivity index (χ1) is 16.4. The summed E-state index contributed by atoms with van der Waals surface area (Å²) in [6.07, 6.45) is 1.52. The van der Waals surface area contributed by atoms with E-state index in [1.807, 2.05) is 31.2 Å². The van der Waals surface area contributed by atoms with Crippen LogP contribution < -0.4 is 25.6 Å². The third kappa shape index (κ3) is 5.39. The molecule has 0 aliphatic carbocycles. The van der Waals surface area contributed by atoms with E-state index in [-0.39, 0.29) is 17.3 Å². The van der Waals surface area contributed by atoms with E-state index >= 15 is 0 Å². The van der Waals surface area contributed by atoms with Gasteiger partial charge in [-0.25, -0.2) is 4.98 Å². The fraction of sp³-hybridized carbons (Fsp3) is 0.346. The molecule has 0 spiro atoms. The second-order valence-corrected chi connectivity index (χ2v) is 8.49. The quantitative estimate of drug-likeness (QED) is 0.558. The Labute approximate surface area is 200 Å². The molecule has 1 amide bonds. The molecule has 3 N–H and O–H groups in total. The number of carbonyl (C=O) groups is 1. The fourth-order valence-corrected chi connectivity index (χ4v) is 4.17. The van der Waals surface area contributed by atoms with E-state index in [9.17, 15) is 4.79 Å². The first-order valence-corrected chi connectivity index (χ1v) is 11.6. The van der Waals surface area contributed by atoms with E-state index in [1.54, 1.807) is 0 Å². The van der Waals surface area contributed by atoms with E-state index in [0.717, 1.165) is 37.5 Å². The lowest BCUT2D eigenvalue weighted by Gasteiger charge is -2.37. The Hall–Kier alpha value is -3.81. The zero-order valence-electron chi connectivity index (χ0n) is 20.0. The van der Waals surface area contributed by atoms with Crippen LogP contribution >= 0.6 is 0 Å². The summed E-state index contributed by atoms with van der Waals surface area (Å²) in [7, 11) is 0. The predicted octanol–water partition coefficient (Wildman–Crippen LogP) is 3.33. The largest absolute Gasteiger partial charge is 0.494 e. The Morgan fingerprint density at radius 2 is 1.76 bits per heavy atom. The Kier molecular flexibility index (Phi) is 7.15. The molecule has 2 heterocycles. The first kappa shape index (κ1) is 23.4. The third-order valence-electron chi connectivity index (χ3n) is 5.99. The van der Waals surface area contributed by atoms with Crippen molar-refractivity contribution in [1.29, 1.82) is 0 Å². The number of nitrogens with one attached hydrogen (secondary N) is 1. The number of amides is 1. The average molecular weight is 461 g/mol. The molecule has 1 aromatic heterocycles. The normalized spacial score (nSPS) is 13.6. The molecule has 1 aliphatic heterocycles. The molecule has 1 aliphatic rings. The number of aromatic nitrogens is 2. The Morgan fingerprint density at radius 3 is 2.41 bits per heavy atom. The lowest BCUT2D eigenvalue weighted by Crippen LogP contribution is -2.47. The van der Waals surface area contributed by atoms with E-state index < -0.39 is 0 Å². The van der Waals surface area contributed by atoms with Crippen molar-refractivity contribution in [3.8, 4) is 5.75 Å². The van der Waals surface area contributed by atoms with Crippen LogP contribution in [0.5, 0.6) is 5.75 Å². The second kappa shape index (κ2) is 10.4. The number of nitrogens with two attached hydrogens (primary N) is 1. The molecule has 0 atom stereocenters. The lowest BCUT2D eigenvalue weighted by atomic mass is 10.1. The van der Waals surface area contributed by atoms with E-state index in [0.29, 0.717) is 19.1 Å². The number of nitrogen functional groups attached to an aromatic ring is 1. The molecule has 34 heavy (non-hydrogen) atoms. The Balaban J connectivity index is 1.34. The average Bonchev–Trinajstić information content (AvgIpc) is 2.84. The highest BCUT2D eigenvalue weighted by Gasteiger charge is 2.22. The molecule has 1 saturated heterocycles. The number of aryl methyl sites for hydroxylation is 2. The fourth-order valence-electron chi connectivity index (χ4n) is 4.17. The minimum absolute atomic E-state index is 0.186. The highest BCUT2D eigenvalue weighted by Crippen LogP contribution is 2.24. The number of rotatable bonds is 7. The Morgan fingerprint density at radius 1 is 1.06 bits per heavy atom. The minimum atomic E-state index is -0.294. The van der Waals surface area contributed by atoms with Gasteiger partial charge in [-0.05, 0) is 50.1 Å². The molecule has 3 aromatic rings. The number of hydrogen-bond acceptors (Lipinski definition) is 7. The summed E-state index contributed by atoms with van der Waals surface area (Å²) in [5, 5.41) is 2.88. The maximum Gasteiger partial charge on any atom is 0.256 e. The molecule has 8 heteroatoms. The number of piperazine rings is 1. The van der Waals surface area contributed by atoms with Crippen molar-refractivity contribution in [2.75, 3.05) is 48.3 Å². The van der Waals surface area contributed by atoms with Crippen LogP contribution in [0.2, 0.25) is 0 Å². The summed E-state index contributed by atoms with van der Waals surface area (Å²) in [5.41, 5.74) is 11.2. The highest BCUT2D eigenvalue weighted by molar-refractivity contribution is 5.98. The van der Waals surface area contributed by atoms with E-state index in [1.165, 1.54) is 23.0 Å². The van der Waals surface area contributed by atoms with Gasteiger partial charge in [-0.1, -0.05) is 29.8 Å². The van der Waals surface area contributed by atoms with Gasteiger partial charge in [-0.15, -0.1) is 0 Å². The summed E-state index contributed by atoms with van der Waals surface area (Å²) < 4.78 is 5.44. The molecule has 2 aromatic carbocycles. The van der Waals surface area contributed by atoms with Gasteiger partial charge in [0.2, 0.25) is 5.95 Å². The zero-order chi connectivity index (χ0) is 24.1. The van der Waals surface area contributed by atoms with Crippen molar-refractivity contribution >= 4 is 23.4 Å². The van der Waals surface area contributed by atoms with Gasteiger partial charge in [0.25, 0.3) is 5.91 Å². The van der Waals surface area contributed by atoms with Crippen molar-refractivity contribution in [2.24, 2.45) is 0 Å². The molecule has 0 bridgehead atoms. The van der Waals surface area contributed by atoms with Gasteiger partial charge in [0.1, 0.15) is 11.6 Å². The Bertz CT molecular complexity index is 1140. The number of benzene rings is 2. The molecular weight excluding hydrogens is 428 g/mol. The van der Waals surface area contributed by atoms with Crippen LogP contribution in [0.25, 0.3) is 0 Å². The van der Waals surface area contributed by atoms with Crippen LogP contribution in [0.4, 0.5) is 17.5 Å². The summed E-state index contributed by atoms with van der Waals surface area (Å²) in [6, 6.07) is 14.2. The molecule has 0 saturated carbocycles. The minimum Gasteiger partial charge on any atom is -0.494 e. The van der Waals surface area contributed by atoms with Crippen molar-refractivity contribution in [1.82, 2.24) is 15.3 Å². The van der Waals surface area contributed by atoms with Crippen LogP contribution in [0.1, 0.15) is 34.0 Å². The van der Waals surface area contributed by atoms with Crippen molar-refractivity contribution in [2.45, 2.75) is 27.3 Å². The molecule has 178 valence electrons. The van der Waals surface area contributed by atoms with Gasteiger partial charge in [-0.2, -0.15) is 4.98 Å². The zero-order valence-corrected chi connectivity index (χ0v) is 20.0. The predicted molar refractivity (Wildman–Crippen MR) is 136 cm³/mol. The summed E-state index contributed by atoms with van der Waals surface area (Å²) in [4.78, 5) is 26.0. The van der Waals surface area contributed by atoms with Gasteiger partial charge in [-0.3, -0.25) is 4.79 Å².